The normalized spacial score (nSPS) is 15.9. The molecular formula is C23H18N2O4. The van der Waals surface area contributed by atoms with E-state index >= 15 is 0 Å². The number of amides is 1. The van der Waals surface area contributed by atoms with Crippen molar-refractivity contribution in [1.82, 2.24) is 0 Å². The van der Waals surface area contributed by atoms with E-state index in [-0.39, 0.29) is 23.3 Å². The number of nitrogens with zero attached hydrogens (tertiary/aromatic N) is 1. The molecule has 0 aliphatic carbocycles. The molecule has 144 valence electrons. The molecule has 4 rings (SSSR count). The van der Waals surface area contributed by atoms with Crippen molar-refractivity contribution in [3.63, 3.8) is 0 Å². The van der Waals surface area contributed by atoms with Gasteiger partial charge in [-0.3, -0.25) is 9.69 Å². The number of phenols is 1. The van der Waals surface area contributed by atoms with Crippen LogP contribution in [0.3, 0.4) is 0 Å². The predicted molar refractivity (Wildman–Crippen MR) is 110 cm³/mol. The molecule has 1 heterocycles. The van der Waals surface area contributed by atoms with Crippen molar-refractivity contribution in [2.45, 2.75) is 6.04 Å². The number of para-hydroxylation sites is 1. The fourth-order valence-corrected chi connectivity index (χ4v) is 3.36. The highest BCUT2D eigenvalue weighted by Crippen LogP contribution is 2.36. The number of rotatable bonds is 5. The van der Waals surface area contributed by atoms with E-state index in [9.17, 15) is 14.7 Å². The van der Waals surface area contributed by atoms with Gasteiger partial charge in [0.25, 0.3) is 5.91 Å². The van der Waals surface area contributed by atoms with Gasteiger partial charge >= 0.3 is 5.97 Å². The van der Waals surface area contributed by atoms with Crippen LogP contribution in [0, 0.1) is 0 Å². The van der Waals surface area contributed by atoms with Gasteiger partial charge < -0.3 is 15.5 Å². The maximum atomic E-state index is 13.2. The Labute approximate surface area is 167 Å². The molecule has 1 aliphatic heterocycles. The molecular weight excluding hydrogens is 368 g/mol. The third-order valence-electron chi connectivity index (χ3n) is 4.73. The highest BCUT2D eigenvalue weighted by atomic mass is 16.4. The van der Waals surface area contributed by atoms with Gasteiger partial charge in [-0.25, -0.2) is 4.79 Å². The van der Waals surface area contributed by atoms with E-state index in [1.165, 1.54) is 18.2 Å². The van der Waals surface area contributed by atoms with Gasteiger partial charge in [-0.15, -0.1) is 0 Å². The van der Waals surface area contributed by atoms with Crippen LogP contribution in [0.25, 0.3) is 0 Å². The van der Waals surface area contributed by atoms with Gasteiger partial charge in [-0.1, -0.05) is 48.5 Å². The molecule has 6 nitrogen and oxygen atoms in total. The summed E-state index contributed by atoms with van der Waals surface area (Å²) in [6.07, 6.45) is 1.83. The molecule has 0 saturated heterocycles. The Morgan fingerprint density at radius 2 is 1.59 bits per heavy atom. The second kappa shape index (κ2) is 7.52. The lowest BCUT2D eigenvalue weighted by Gasteiger charge is -2.25. The zero-order chi connectivity index (χ0) is 20.4. The third-order valence-corrected chi connectivity index (χ3v) is 4.73. The number of aromatic hydroxyl groups is 1. The highest BCUT2D eigenvalue weighted by Gasteiger charge is 2.34. The lowest BCUT2D eigenvalue weighted by atomic mass is 10.1. The number of anilines is 2. The summed E-state index contributed by atoms with van der Waals surface area (Å²) >= 11 is 0. The summed E-state index contributed by atoms with van der Waals surface area (Å²) in [5, 5.41) is 22.0. The van der Waals surface area contributed by atoms with Crippen molar-refractivity contribution >= 4 is 23.3 Å². The quantitative estimate of drug-likeness (QED) is 0.612. The van der Waals surface area contributed by atoms with Crippen LogP contribution < -0.4 is 10.2 Å². The molecule has 29 heavy (non-hydrogen) atoms. The maximum absolute atomic E-state index is 13.2. The van der Waals surface area contributed by atoms with Crippen LogP contribution in [0.2, 0.25) is 0 Å². The highest BCUT2D eigenvalue weighted by molar-refractivity contribution is 6.11. The Hall–Kier alpha value is -4.06. The van der Waals surface area contributed by atoms with Crippen LogP contribution >= 0.6 is 0 Å². The number of carbonyl (C=O) groups is 2. The average Bonchev–Trinajstić information content (AvgIpc) is 3.05. The van der Waals surface area contributed by atoms with Gasteiger partial charge in [0.15, 0.2) is 0 Å². The Morgan fingerprint density at radius 1 is 0.931 bits per heavy atom. The van der Waals surface area contributed by atoms with Crippen molar-refractivity contribution < 1.29 is 19.8 Å². The van der Waals surface area contributed by atoms with Crippen molar-refractivity contribution in [3.8, 4) is 5.75 Å². The second-order valence-corrected chi connectivity index (χ2v) is 6.61. The number of aromatic carboxylic acids is 1. The standard InChI is InChI=1S/C23H18N2O4/c26-21-13-16(11-12-18(21)23(28)29)24-19-14-20(15-7-3-1-4-8-15)25(22(19)27)17-9-5-2-6-10-17/h1-14,20,24,26H,(H,28,29). The average molecular weight is 386 g/mol. The van der Waals surface area contributed by atoms with E-state index in [2.05, 4.69) is 5.32 Å². The van der Waals surface area contributed by atoms with E-state index < -0.39 is 5.97 Å². The van der Waals surface area contributed by atoms with E-state index in [1.807, 2.05) is 66.7 Å². The van der Waals surface area contributed by atoms with E-state index in [0.717, 1.165) is 11.3 Å². The van der Waals surface area contributed by atoms with E-state index in [1.54, 1.807) is 4.90 Å². The molecule has 3 aromatic carbocycles. The Balaban J connectivity index is 1.69. The minimum Gasteiger partial charge on any atom is -0.507 e. The Bertz CT molecular complexity index is 1090. The summed E-state index contributed by atoms with van der Waals surface area (Å²) in [5.41, 5.74) is 2.31. The second-order valence-electron chi connectivity index (χ2n) is 6.61. The fourth-order valence-electron chi connectivity index (χ4n) is 3.36. The monoisotopic (exact) mass is 386 g/mol. The molecule has 0 spiro atoms. The maximum Gasteiger partial charge on any atom is 0.339 e. The van der Waals surface area contributed by atoms with Gasteiger partial charge in [-0.2, -0.15) is 0 Å². The summed E-state index contributed by atoms with van der Waals surface area (Å²) in [5.74, 6) is -1.80. The first-order valence-corrected chi connectivity index (χ1v) is 9.03. The summed E-state index contributed by atoms with van der Waals surface area (Å²) in [6, 6.07) is 22.9. The number of carboxylic acid groups (broad SMARTS) is 1. The molecule has 1 amide bonds. The lowest BCUT2D eigenvalue weighted by molar-refractivity contribution is -0.114. The van der Waals surface area contributed by atoms with Gasteiger partial charge in [-0.05, 0) is 35.9 Å². The molecule has 1 aliphatic rings. The fraction of sp³-hybridized carbons (Fsp3) is 0.0435. The van der Waals surface area contributed by atoms with Crippen molar-refractivity contribution in [1.29, 1.82) is 0 Å². The summed E-state index contributed by atoms with van der Waals surface area (Å²) < 4.78 is 0. The molecule has 0 bridgehead atoms. The molecule has 1 atom stereocenters. The molecule has 6 heteroatoms. The third kappa shape index (κ3) is 3.55. The number of carbonyl (C=O) groups excluding carboxylic acids is 1. The van der Waals surface area contributed by atoms with Crippen molar-refractivity contribution in [3.05, 3.63) is 102 Å². The minimum absolute atomic E-state index is 0.199. The van der Waals surface area contributed by atoms with Crippen LogP contribution in [-0.2, 0) is 4.79 Å². The molecule has 0 saturated carbocycles. The Kier molecular flexibility index (Phi) is 4.75. The van der Waals surface area contributed by atoms with E-state index in [4.69, 9.17) is 5.11 Å². The number of nitrogens with one attached hydrogen (secondary N) is 1. The zero-order valence-corrected chi connectivity index (χ0v) is 15.3. The van der Waals surface area contributed by atoms with Gasteiger partial charge in [0.05, 0.1) is 6.04 Å². The SMILES string of the molecule is O=C(O)c1ccc(NC2=CC(c3ccccc3)N(c3ccccc3)C2=O)cc1O. The van der Waals surface area contributed by atoms with Crippen LogP contribution in [0.5, 0.6) is 5.75 Å². The lowest BCUT2D eigenvalue weighted by Crippen LogP contribution is -2.30. The topological polar surface area (TPSA) is 89.9 Å². The zero-order valence-electron chi connectivity index (χ0n) is 15.3. The van der Waals surface area contributed by atoms with Crippen molar-refractivity contribution in [2.24, 2.45) is 0 Å². The minimum atomic E-state index is -1.22. The largest absolute Gasteiger partial charge is 0.507 e. The number of hydrogen-bond donors (Lipinski definition) is 3. The molecule has 3 aromatic rings. The van der Waals surface area contributed by atoms with Gasteiger partial charge in [0, 0.05) is 17.4 Å². The van der Waals surface area contributed by atoms with Crippen LogP contribution in [-0.4, -0.2) is 22.1 Å². The molecule has 1 unspecified atom stereocenters. The summed E-state index contributed by atoms with van der Waals surface area (Å²) in [4.78, 5) is 26.0. The summed E-state index contributed by atoms with van der Waals surface area (Å²) in [6.45, 7) is 0. The molecule has 0 fully saturated rings. The predicted octanol–water partition coefficient (Wildman–Crippen LogP) is 4.17. The number of benzene rings is 3. The van der Waals surface area contributed by atoms with E-state index in [0.29, 0.717) is 11.4 Å². The smallest absolute Gasteiger partial charge is 0.339 e. The first-order chi connectivity index (χ1) is 14.0. The van der Waals surface area contributed by atoms with Crippen LogP contribution in [0.15, 0.2) is 90.6 Å². The Morgan fingerprint density at radius 3 is 2.21 bits per heavy atom. The van der Waals surface area contributed by atoms with Crippen molar-refractivity contribution in [2.75, 3.05) is 10.2 Å². The molecule has 3 N–H and O–H groups in total. The van der Waals surface area contributed by atoms with Gasteiger partial charge in [0.1, 0.15) is 17.0 Å². The number of carboxylic acids is 1. The molecule has 0 radical (unpaired) electrons. The first kappa shape index (κ1) is 18.3. The van der Waals surface area contributed by atoms with Gasteiger partial charge in [0.2, 0.25) is 0 Å². The summed E-state index contributed by atoms with van der Waals surface area (Å²) in [7, 11) is 0. The van der Waals surface area contributed by atoms with Crippen LogP contribution in [0.4, 0.5) is 11.4 Å². The molecule has 0 aromatic heterocycles. The number of hydrogen-bond acceptors (Lipinski definition) is 4. The first-order valence-electron chi connectivity index (χ1n) is 9.03. The van der Waals surface area contributed by atoms with Crippen LogP contribution in [0.1, 0.15) is 22.0 Å².